The molecule has 0 unspecified atom stereocenters. The van der Waals surface area contributed by atoms with Crippen molar-refractivity contribution in [3.8, 4) is 11.5 Å². The van der Waals surface area contributed by atoms with Gasteiger partial charge in [0.15, 0.2) is 11.5 Å². The number of ether oxygens (including phenoxy) is 2. The van der Waals surface area contributed by atoms with E-state index in [1.54, 1.807) is 32.9 Å². The number of phenolic OH excluding ortho intramolecular Hbond substituents is 1. The molecule has 104 valence electrons. The molecular weight excluding hydrogens is 248 g/mol. The van der Waals surface area contributed by atoms with Gasteiger partial charge in [-0.25, -0.2) is 10.2 Å². The van der Waals surface area contributed by atoms with E-state index in [1.807, 2.05) is 0 Å². The van der Waals surface area contributed by atoms with Crippen molar-refractivity contribution in [2.24, 2.45) is 5.10 Å². The second-order valence-electron chi connectivity index (χ2n) is 4.80. The summed E-state index contributed by atoms with van der Waals surface area (Å²) >= 11 is 0. The number of nitrogens with one attached hydrogen (secondary N) is 1. The Labute approximate surface area is 112 Å². The third kappa shape index (κ3) is 5.29. The van der Waals surface area contributed by atoms with Gasteiger partial charge in [-0.1, -0.05) is 0 Å². The Balaban J connectivity index is 2.60. The molecule has 1 rings (SSSR count). The molecule has 0 saturated heterocycles. The minimum absolute atomic E-state index is 0.0414. The second kappa shape index (κ2) is 6.08. The van der Waals surface area contributed by atoms with E-state index in [-0.39, 0.29) is 5.75 Å². The van der Waals surface area contributed by atoms with Crippen molar-refractivity contribution in [1.29, 1.82) is 0 Å². The number of aromatic hydroxyl groups is 1. The summed E-state index contributed by atoms with van der Waals surface area (Å²) in [7, 11) is 1.45. The molecule has 6 nitrogen and oxygen atoms in total. The molecule has 0 aliphatic carbocycles. The summed E-state index contributed by atoms with van der Waals surface area (Å²) in [4.78, 5) is 11.3. The number of carbonyl (C=O) groups excluding carboxylic acids is 1. The van der Waals surface area contributed by atoms with Crippen LogP contribution in [0.3, 0.4) is 0 Å². The number of phenols is 1. The highest BCUT2D eigenvalue weighted by atomic mass is 16.6. The summed E-state index contributed by atoms with van der Waals surface area (Å²) in [5.41, 5.74) is 2.35. The van der Waals surface area contributed by atoms with Gasteiger partial charge in [0, 0.05) is 0 Å². The molecule has 0 radical (unpaired) electrons. The van der Waals surface area contributed by atoms with Crippen molar-refractivity contribution in [2.45, 2.75) is 26.4 Å². The number of benzene rings is 1. The minimum Gasteiger partial charge on any atom is -0.504 e. The number of hydrogen-bond donors (Lipinski definition) is 2. The zero-order valence-corrected chi connectivity index (χ0v) is 11.4. The maximum Gasteiger partial charge on any atom is 0.428 e. The molecule has 0 atom stereocenters. The molecule has 0 aliphatic heterocycles. The van der Waals surface area contributed by atoms with E-state index < -0.39 is 11.7 Å². The van der Waals surface area contributed by atoms with Gasteiger partial charge in [-0.3, -0.25) is 0 Å². The zero-order valence-electron chi connectivity index (χ0n) is 11.4. The van der Waals surface area contributed by atoms with Crippen molar-refractivity contribution in [3.05, 3.63) is 23.8 Å². The number of rotatable bonds is 3. The number of carbonyl (C=O) groups is 1. The molecule has 1 aromatic rings. The summed E-state index contributed by atoms with van der Waals surface area (Å²) in [6, 6.07) is 4.71. The highest BCUT2D eigenvalue weighted by molar-refractivity contribution is 5.82. The first-order chi connectivity index (χ1) is 8.81. The van der Waals surface area contributed by atoms with Crippen LogP contribution in [-0.2, 0) is 4.74 Å². The predicted molar refractivity (Wildman–Crippen MR) is 71.6 cm³/mol. The smallest absolute Gasteiger partial charge is 0.428 e. The molecule has 0 spiro atoms. The SMILES string of the molecule is COc1cc(/C=N/NC(=O)OC(C)(C)C)ccc1O. The van der Waals surface area contributed by atoms with Gasteiger partial charge in [-0.2, -0.15) is 5.10 Å². The van der Waals surface area contributed by atoms with E-state index in [1.165, 1.54) is 19.4 Å². The Morgan fingerprint density at radius 1 is 1.42 bits per heavy atom. The molecule has 2 N–H and O–H groups in total. The van der Waals surface area contributed by atoms with Crippen LogP contribution in [0.25, 0.3) is 0 Å². The van der Waals surface area contributed by atoms with E-state index in [0.29, 0.717) is 11.3 Å². The van der Waals surface area contributed by atoms with Gasteiger partial charge in [0.1, 0.15) is 5.60 Å². The van der Waals surface area contributed by atoms with Crippen LogP contribution in [-0.4, -0.2) is 30.1 Å². The van der Waals surface area contributed by atoms with Crippen LogP contribution >= 0.6 is 0 Å². The van der Waals surface area contributed by atoms with Gasteiger partial charge < -0.3 is 14.6 Å². The lowest BCUT2D eigenvalue weighted by Crippen LogP contribution is -2.29. The van der Waals surface area contributed by atoms with Gasteiger partial charge in [-0.05, 0) is 44.5 Å². The van der Waals surface area contributed by atoms with E-state index >= 15 is 0 Å². The Kier molecular flexibility index (Phi) is 4.74. The first-order valence-electron chi connectivity index (χ1n) is 5.71. The summed E-state index contributed by atoms with van der Waals surface area (Å²) < 4.78 is 9.97. The number of amides is 1. The normalized spacial score (nSPS) is 11.4. The minimum atomic E-state index is -0.630. The largest absolute Gasteiger partial charge is 0.504 e. The highest BCUT2D eigenvalue weighted by Gasteiger charge is 2.15. The van der Waals surface area contributed by atoms with E-state index in [0.717, 1.165) is 0 Å². The molecule has 0 aliphatic rings. The van der Waals surface area contributed by atoms with Crippen LogP contribution in [0.4, 0.5) is 4.79 Å². The molecule has 19 heavy (non-hydrogen) atoms. The number of hydrogen-bond acceptors (Lipinski definition) is 5. The van der Waals surface area contributed by atoms with Crippen molar-refractivity contribution in [1.82, 2.24) is 5.43 Å². The van der Waals surface area contributed by atoms with E-state index in [9.17, 15) is 9.90 Å². The number of methoxy groups -OCH3 is 1. The quantitative estimate of drug-likeness (QED) is 0.649. The molecule has 0 saturated carbocycles. The lowest BCUT2D eigenvalue weighted by Gasteiger charge is -2.18. The molecule has 0 fully saturated rings. The highest BCUT2D eigenvalue weighted by Crippen LogP contribution is 2.25. The van der Waals surface area contributed by atoms with E-state index in [4.69, 9.17) is 9.47 Å². The van der Waals surface area contributed by atoms with Crippen LogP contribution in [0, 0.1) is 0 Å². The van der Waals surface area contributed by atoms with Crippen LogP contribution in [0.2, 0.25) is 0 Å². The second-order valence-corrected chi connectivity index (χ2v) is 4.80. The van der Waals surface area contributed by atoms with Gasteiger partial charge in [0.2, 0.25) is 0 Å². The molecule has 1 aromatic carbocycles. The fraction of sp³-hybridized carbons (Fsp3) is 0.385. The molecule has 0 aromatic heterocycles. The molecule has 1 amide bonds. The van der Waals surface area contributed by atoms with Crippen LogP contribution in [0.15, 0.2) is 23.3 Å². The average molecular weight is 266 g/mol. The zero-order chi connectivity index (χ0) is 14.5. The lowest BCUT2D eigenvalue weighted by molar-refractivity contribution is 0.0529. The fourth-order valence-electron chi connectivity index (χ4n) is 1.23. The summed E-state index contributed by atoms with van der Waals surface area (Å²) in [6.07, 6.45) is 0.792. The van der Waals surface area contributed by atoms with Crippen molar-refractivity contribution >= 4 is 12.3 Å². The summed E-state index contributed by atoms with van der Waals surface area (Å²) in [5, 5.41) is 13.2. The van der Waals surface area contributed by atoms with E-state index in [2.05, 4.69) is 10.5 Å². The van der Waals surface area contributed by atoms with Gasteiger partial charge in [-0.15, -0.1) is 0 Å². The Bertz CT molecular complexity index is 478. The molecule has 0 bridgehead atoms. The van der Waals surface area contributed by atoms with Gasteiger partial charge in [0.25, 0.3) is 0 Å². The standard InChI is InChI=1S/C13H18N2O4/c1-13(2,3)19-12(17)15-14-8-9-5-6-10(16)11(7-9)18-4/h5-8,16H,1-4H3,(H,15,17)/b14-8+. The first-order valence-corrected chi connectivity index (χ1v) is 5.71. The maximum absolute atomic E-state index is 11.3. The van der Waals surface area contributed by atoms with Crippen LogP contribution < -0.4 is 10.2 Å². The van der Waals surface area contributed by atoms with Crippen LogP contribution in [0.5, 0.6) is 11.5 Å². The predicted octanol–water partition coefficient (Wildman–Crippen LogP) is 2.26. The fourth-order valence-corrected chi connectivity index (χ4v) is 1.23. The Hall–Kier alpha value is -2.24. The van der Waals surface area contributed by atoms with Gasteiger partial charge in [0.05, 0.1) is 13.3 Å². The molecular formula is C13H18N2O4. The third-order valence-corrected chi connectivity index (χ3v) is 1.97. The van der Waals surface area contributed by atoms with Crippen LogP contribution in [0.1, 0.15) is 26.3 Å². The summed E-state index contributed by atoms with van der Waals surface area (Å²) in [6.45, 7) is 5.30. The number of hydrazone groups is 1. The summed E-state index contributed by atoms with van der Waals surface area (Å²) in [5.74, 6) is 0.376. The Morgan fingerprint density at radius 3 is 2.68 bits per heavy atom. The lowest BCUT2D eigenvalue weighted by atomic mass is 10.2. The van der Waals surface area contributed by atoms with Gasteiger partial charge >= 0.3 is 6.09 Å². The first kappa shape index (κ1) is 14.8. The topological polar surface area (TPSA) is 80.2 Å². The van der Waals surface area contributed by atoms with Crippen molar-refractivity contribution in [3.63, 3.8) is 0 Å². The number of nitrogens with zero attached hydrogens (tertiary/aromatic N) is 1. The van der Waals surface area contributed by atoms with Crippen molar-refractivity contribution < 1.29 is 19.4 Å². The van der Waals surface area contributed by atoms with Crippen molar-refractivity contribution in [2.75, 3.05) is 7.11 Å². The maximum atomic E-state index is 11.3. The average Bonchev–Trinajstić information content (AvgIpc) is 2.29. The molecule has 0 heterocycles. The molecule has 6 heteroatoms. The monoisotopic (exact) mass is 266 g/mol. The third-order valence-electron chi connectivity index (χ3n) is 1.97. The Morgan fingerprint density at radius 2 is 2.11 bits per heavy atom.